The number of amides is 3. The minimum atomic E-state index is -0.454. The Bertz CT molecular complexity index is 785. The molecule has 138 valence electrons. The van der Waals surface area contributed by atoms with Crippen molar-refractivity contribution in [2.45, 2.75) is 19.3 Å². The highest BCUT2D eigenvalue weighted by molar-refractivity contribution is 14.1. The van der Waals surface area contributed by atoms with Gasteiger partial charge >= 0.3 is 0 Å². The van der Waals surface area contributed by atoms with Gasteiger partial charge in [0.05, 0.1) is 12.9 Å². The van der Waals surface area contributed by atoms with Crippen LogP contribution in [0.1, 0.15) is 24.8 Å². The number of halogens is 2. The van der Waals surface area contributed by atoms with Crippen LogP contribution >= 0.6 is 50.3 Å². The molecule has 0 aliphatic carbocycles. The standard InChI is InChI=1S/C17H16BrIN2O4S/c18-11-6-10(7-12(19)15(11)23)8-13-16(24)21(17(25)26-13)9-14(22)20-4-2-1-3-5-20/h6-8,23H,1-5,9H2/b13-8-. The van der Waals surface area contributed by atoms with Crippen molar-refractivity contribution in [3.8, 4) is 5.75 Å². The van der Waals surface area contributed by atoms with Crippen LogP contribution in [0.3, 0.4) is 0 Å². The molecule has 2 fully saturated rings. The number of phenolic OH excluding ortho intramolecular Hbond substituents is 1. The van der Waals surface area contributed by atoms with Crippen LogP contribution in [-0.4, -0.2) is 51.6 Å². The summed E-state index contributed by atoms with van der Waals surface area (Å²) in [5.41, 5.74) is 0.687. The number of hydrogen-bond acceptors (Lipinski definition) is 5. The lowest BCUT2D eigenvalue weighted by Gasteiger charge is -2.27. The van der Waals surface area contributed by atoms with E-state index in [2.05, 4.69) is 15.9 Å². The number of thioether (sulfide) groups is 1. The van der Waals surface area contributed by atoms with Gasteiger partial charge in [-0.05, 0) is 93.3 Å². The van der Waals surface area contributed by atoms with E-state index in [4.69, 9.17) is 0 Å². The summed E-state index contributed by atoms with van der Waals surface area (Å²) in [5, 5.41) is 9.37. The van der Waals surface area contributed by atoms with Gasteiger partial charge in [-0.15, -0.1) is 0 Å². The number of piperidine rings is 1. The quantitative estimate of drug-likeness (QED) is 0.457. The molecular weight excluding hydrogens is 535 g/mol. The van der Waals surface area contributed by atoms with Crippen LogP contribution in [0.4, 0.5) is 4.79 Å². The molecule has 0 atom stereocenters. The summed E-state index contributed by atoms with van der Waals surface area (Å²) in [7, 11) is 0. The van der Waals surface area contributed by atoms with Gasteiger partial charge in [0.25, 0.3) is 11.1 Å². The molecule has 0 radical (unpaired) electrons. The monoisotopic (exact) mass is 550 g/mol. The van der Waals surface area contributed by atoms with E-state index in [1.54, 1.807) is 23.1 Å². The molecule has 0 saturated carbocycles. The van der Waals surface area contributed by atoms with Crippen LogP contribution in [-0.2, 0) is 9.59 Å². The van der Waals surface area contributed by atoms with E-state index >= 15 is 0 Å². The predicted octanol–water partition coefficient (Wildman–Crippen LogP) is 3.81. The van der Waals surface area contributed by atoms with Crippen LogP contribution in [0.5, 0.6) is 5.75 Å². The average Bonchev–Trinajstić information content (AvgIpc) is 2.87. The van der Waals surface area contributed by atoms with E-state index in [1.165, 1.54) is 0 Å². The molecule has 2 aliphatic rings. The van der Waals surface area contributed by atoms with Gasteiger partial charge in [-0.1, -0.05) is 0 Å². The molecule has 3 rings (SSSR count). The molecule has 0 aromatic heterocycles. The molecule has 0 unspecified atom stereocenters. The normalized spacial score (nSPS) is 19.5. The van der Waals surface area contributed by atoms with Crippen LogP contribution in [0.15, 0.2) is 21.5 Å². The number of carbonyl (C=O) groups excluding carboxylic acids is 3. The number of benzene rings is 1. The summed E-state index contributed by atoms with van der Waals surface area (Å²) in [6.45, 7) is 1.16. The van der Waals surface area contributed by atoms with Crippen LogP contribution in [0.2, 0.25) is 0 Å². The largest absolute Gasteiger partial charge is 0.506 e. The van der Waals surface area contributed by atoms with Gasteiger partial charge in [0.1, 0.15) is 12.3 Å². The van der Waals surface area contributed by atoms with E-state index < -0.39 is 11.1 Å². The van der Waals surface area contributed by atoms with Gasteiger partial charge in [-0.3, -0.25) is 19.3 Å². The maximum Gasteiger partial charge on any atom is 0.294 e. The van der Waals surface area contributed by atoms with Gasteiger partial charge in [-0.25, -0.2) is 0 Å². The number of imide groups is 1. The summed E-state index contributed by atoms with van der Waals surface area (Å²) in [5.74, 6) is -0.511. The molecule has 1 N–H and O–H groups in total. The van der Waals surface area contributed by atoms with Crippen molar-refractivity contribution < 1.29 is 19.5 Å². The fourth-order valence-electron chi connectivity index (χ4n) is 2.83. The van der Waals surface area contributed by atoms with Gasteiger partial charge in [0.15, 0.2) is 0 Å². The Morgan fingerprint density at radius 1 is 1.27 bits per heavy atom. The molecule has 2 heterocycles. The third-order valence-corrected chi connectivity index (χ3v) is 6.55. The molecule has 1 aromatic carbocycles. The molecule has 6 nitrogen and oxygen atoms in total. The van der Waals surface area contributed by atoms with Crippen molar-refractivity contribution >= 4 is 73.4 Å². The van der Waals surface area contributed by atoms with Crippen molar-refractivity contribution in [3.05, 3.63) is 30.6 Å². The first-order chi connectivity index (χ1) is 12.4. The Hall–Kier alpha value is -1.07. The zero-order valence-electron chi connectivity index (χ0n) is 13.7. The highest BCUT2D eigenvalue weighted by atomic mass is 127. The number of nitrogens with zero attached hydrogens (tertiary/aromatic N) is 2. The van der Waals surface area contributed by atoms with Gasteiger partial charge in [0.2, 0.25) is 5.91 Å². The third-order valence-electron chi connectivity index (χ3n) is 4.21. The van der Waals surface area contributed by atoms with E-state index in [0.717, 1.165) is 35.9 Å². The lowest BCUT2D eigenvalue weighted by atomic mass is 10.1. The zero-order chi connectivity index (χ0) is 18.8. The summed E-state index contributed by atoms with van der Waals surface area (Å²) in [6.07, 6.45) is 4.63. The zero-order valence-corrected chi connectivity index (χ0v) is 18.3. The first-order valence-corrected chi connectivity index (χ1v) is 10.8. The van der Waals surface area contributed by atoms with E-state index in [1.807, 2.05) is 22.6 Å². The first-order valence-electron chi connectivity index (χ1n) is 8.08. The topological polar surface area (TPSA) is 77.9 Å². The Labute approximate surface area is 177 Å². The maximum absolute atomic E-state index is 12.6. The molecule has 3 amide bonds. The molecule has 26 heavy (non-hydrogen) atoms. The molecule has 2 saturated heterocycles. The summed E-state index contributed by atoms with van der Waals surface area (Å²) < 4.78 is 1.14. The first kappa shape index (κ1) is 19.7. The number of carbonyl (C=O) groups is 3. The lowest BCUT2D eigenvalue weighted by Crippen LogP contribution is -2.44. The lowest BCUT2D eigenvalue weighted by molar-refractivity contribution is -0.136. The number of hydrogen-bond donors (Lipinski definition) is 1. The minimum Gasteiger partial charge on any atom is -0.506 e. The molecular formula is C17H16BrIN2O4S. The van der Waals surface area contributed by atoms with Crippen molar-refractivity contribution in [2.75, 3.05) is 19.6 Å². The van der Waals surface area contributed by atoms with E-state index in [-0.39, 0.29) is 23.1 Å². The van der Waals surface area contributed by atoms with Crippen LogP contribution < -0.4 is 0 Å². The summed E-state index contributed by atoms with van der Waals surface area (Å²) >= 11 is 6.08. The van der Waals surface area contributed by atoms with Gasteiger partial charge < -0.3 is 10.0 Å². The fourth-order valence-corrected chi connectivity index (χ4v) is 5.17. The fraction of sp³-hybridized carbons (Fsp3) is 0.353. The smallest absolute Gasteiger partial charge is 0.294 e. The molecule has 0 bridgehead atoms. The molecule has 2 aliphatic heterocycles. The highest BCUT2D eigenvalue weighted by Crippen LogP contribution is 2.35. The Morgan fingerprint density at radius 2 is 1.96 bits per heavy atom. The van der Waals surface area contributed by atoms with Gasteiger partial charge in [-0.2, -0.15) is 0 Å². The molecule has 0 spiro atoms. The predicted molar refractivity (Wildman–Crippen MR) is 112 cm³/mol. The van der Waals surface area contributed by atoms with Crippen molar-refractivity contribution in [2.24, 2.45) is 0 Å². The van der Waals surface area contributed by atoms with E-state index in [0.29, 0.717) is 26.7 Å². The van der Waals surface area contributed by atoms with Crippen molar-refractivity contribution in [1.82, 2.24) is 9.80 Å². The van der Waals surface area contributed by atoms with Crippen molar-refractivity contribution in [1.29, 1.82) is 0 Å². The summed E-state index contributed by atoms with van der Waals surface area (Å²) in [4.78, 5) is 40.1. The average molecular weight is 551 g/mol. The minimum absolute atomic E-state index is 0.128. The molecule has 9 heteroatoms. The SMILES string of the molecule is O=C(CN1C(=O)S/C(=C\c2cc(Br)c(O)c(I)c2)C1=O)N1CCCCC1. The second-order valence-corrected chi connectivity index (χ2v) is 9.05. The second kappa shape index (κ2) is 8.30. The number of rotatable bonds is 3. The Balaban J connectivity index is 1.75. The van der Waals surface area contributed by atoms with E-state index in [9.17, 15) is 19.5 Å². The maximum atomic E-state index is 12.6. The summed E-state index contributed by atoms with van der Waals surface area (Å²) in [6, 6.07) is 3.39. The highest BCUT2D eigenvalue weighted by Gasteiger charge is 2.37. The van der Waals surface area contributed by atoms with Crippen LogP contribution in [0.25, 0.3) is 6.08 Å². The third kappa shape index (κ3) is 4.25. The Morgan fingerprint density at radius 3 is 2.62 bits per heavy atom. The molecule has 1 aromatic rings. The second-order valence-electron chi connectivity index (χ2n) is 6.04. The number of likely N-dealkylation sites (tertiary alicyclic amines) is 1. The number of aromatic hydroxyl groups is 1. The Kier molecular flexibility index (Phi) is 6.29. The van der Waals surface area contributed by atoms with Crippen molar-refractivity contribution in [3.63, 3.8) is 0 Å². The number of phenols is 1. The van der Waals surface area contributed by atoms with Gasteiger partial charge in [0, 0.05) is 13.1 Å². The van der Waals surface area contributed by atoms with Crippen LogP contribution in [0, 0.1) is 3.57 Å².